The van der Waals surface area contributed by atoms with E-state index >= 15 is 0 Å². The smallest absolute Gasteiger partial charge is 0.433 e. The highest BCUT2D eigenvalue weighted by Gasteiger charge is 2.33. The van der Waals surface area contributed by atoms with Crippen molar-refractivity contribution >= 4 is 27.2 Å². The lowest BCUT2D eigenvalue weighted by molar-refractivity contribution is -0.141. The standard InChI is InChI=1S/C22H26F3N3O4S/c1-5-6-11-32-21-17(8-10-19(27-21)22(23,24)25)15(3)20(29)26-13-16-7-9-18(14(2)12-16)28-33(4,30)31/h7-10,12,28H,3,5-6,11,13H2,1-2,4H3,(H,26,29). The van der Waals surface area contributed by atoms with Crippen molar-refractivity contribution < 1.29 is 31.1 Å². The average Bonchev–Trinajstić information content (AvgIpc) is 2.72. The maximum Gasteiger partial charge on any atom is 0.433 e. The highest BCUT2D eigenvalue weighted by molar-refractivity contribution is 7.92. The molecule has 1 aromatic carbocycles. The van der Waals surface area contributed by atoms with E-state index in [4.69, 9.17) is 4.74 Å². The van der Waals surface area contributed by atoms with Crippen LogP contribution in [0.25, 0.3) is 5.57 Å². The second-order valence-corrected chi connectivity index (χ2v) is 9.18. The Balaban J connectivity index is 2.15. The van der Waals surface area contributed by atoms with Crippen LogP contribution >= 0.6 is 0 Å². The third-order valence-corrected chi connectivity index (χ3v) is 5.12. The van der Waals surface area contributed by atoms with Gasteiger partial charge in [0, 0.05) is 17.7 Å². The normalized spacial score (nSPS) is 11.7. The van der Waals surface area contributed by atoms with Crippen LogP contribution in [0.1, 0.15) is 42.1 Å². The molecular weight excluding hydrogens is 459 g/mol. The van der Waals surface area contributed by atoms with Crippen molar-refractivity contribution in [1.82, 2.24) is 10.3 Å². The van der Waals surface area contributed by atoms with Gasteiger partial charge in [0.25, 0.3) is 5.91 Å². The molecule has 180 valence electrons. The minimum absolute atomic E-state index is 0.0699. The van der Waals surface area contributed by atoms with E-state index in [1.807, 2.05) is 6.92 Å². The van der Waals surface area contributed by atoms with Crippen molar-refractivity contribution in [1.29, 1.82) is 0 Å². The van der Waals surface area contributed by atoms with Crippen LogP contribution in [0.2, 0.25) is 0 Å². The number of unbranched alkanes of at least 4 members (excludes halogenated alkanes) is 1. The number of hydrogen-bond donors (Lipinski definition) is 2. The zero-order chi connectivity index (χ0) is 24.8. The largest absolute Gasteiger partial charge is 0.477 e. The number of benzene rings is 1. The maximum atomic E-state index is 13.1. The molecule has 0 aliphatic heterocycles. The summed E-state index contributed by atoms with van der Waals surface area (Å²) in [6.45, 7) is 7.57. The number of alkyl halides is 3. The number of hydrogen-bond acceptors (Lipinski definition) is 5. The number of carbonyl (C=O) groups excluding carboxylic acids is 1. The van der Waals surface area contributed by atoms with E-state index in [2.05, 4.69) is 21.6 Å². The molecule has 0 aliphatic rings. The first-order valence-corrected chi connectivity index (χ1v) is 12.0. The van der Waals surface area contributed by atoms with Crippen LogP contribution in [0.5, 0.6) is 5.88 Å². The lowest BCUT2D eigenvalue weighted by Crippen LogP contribution is -2.24. The van der Waals surface area contributed by atoms with E-state index in [-0.39, 0.29) is 30.2 Å². The van der Waals surface area contributed by atoms with Crippen molar-refractivity contribution in [2.24, 2.45) is 0 Å². The fourth-order valence-electron chi connectivity index (χ4n) is 2.81. The van der Waals surface area contributed by atoms with Crippen molar-refractivity contribution in [2.75, 3.05) is 17.6 Å². The van der Waals surface area contributed by atoms with Gasteiger partial charge in [-0.25, -0.2) is 13.4 Å². The van der Waals surface area contributed by atoms with Gasteiger partial charge in [0.2, 0.25) is 15.9 Å². The molecule has 0 saturated heterocycles. The Labute approximate surface area is 191 Å². The van der Waals surface area contributed by atoms with Crippen LogP contribution < -0.4 is 14.8 Å². The first kappa shape index (κ1) is 26.2. The Bertz CT molecular complexity index is 1130. The van der Waals surface area contributed by atoms with Gasteiger partial charge < -0.3 is 10.1 Å². The predicted octanol–water partition coefficient (Wildman–Crippen LogP) is 4.29. The van der Waals surface area contributed by atoms with Crippen LogP contribution in [-0.4, -0.2) is 32.2 Å². The highest BCUT2D eigenvalue weighted by Crippen LogP contribution is 2.32. The summed E-state index contributed by atoms with van der Waals surface area (Å²) in [5, 5.41) is 2.65. The number of sulfonamides is 1. The molecule has 0 spiro atoms. The number of nitrogens with zero attached hydrogens (tertiary/aromatic N) is 1. The molecule has 1 amide bonds. The summed E-state index contributed by atoms with van der Waals surface area (Å²) >= 11 is 0. The lowest BCUT2D eigenvalue weighted by Gasteiger charge is -2.15. The summed E-state index contributed by atoms with van der Waals surface area (Å²) in [6, 6.07) is 6.82. The number of ether oxygens (including phenoxy) is 1. The number of anilines is 1. The number of rotatable bonds is 10. The SMILES string of the molecule is C=C(C(=O)NCc1ccc(NS(C)(=O)=O)c(C)c1)c1ccc(C(F)(F)F)nc1OCCCC. The number of nitrogens with one attached hydrogen (secondary N) is 2. The number of aromatic nitrogens is 1. The van der Waals surface area contributed by atoms with Gasteiger partial charge >= 0.3 is 6.18 Å². The molecule has 1 heterocycles. The summed E-state index contributed by atoms with van der Waals surface area (Å²) in [5.41, 5.74) is 0.628. The molecule has 2 N–H and O–H groups in total. The molecule has 0 fully saturated rings. The summed E-state index contributed by atoms with van der Waals surface area (Å²) in [4.78, 5) is 16.2. The van der Waals surface area contributed by atoms with E-state index in [1.165, 1.54) is 0 Å². The average molecular weight is 486 g/mol. The molecule has 2 rings (SSSR count). The molecular formula is C22H26F3N3O4S. The topological polar surface area (TPSA) is 97.4 Å². The minimum atomic E-state index is -4.65. The second kappa shape index (κ2) is 10.7. The molecule has 0 radical (unpaired) electrons. The summed E-state index contributed by atoms with van der Waals surface area (Å²) in [5.74, 6) is -0.904. The number of aryl methyl sites for hydroxylation is 1. The molecule has 0 saturated carbocycles. The van der Waals surface area contributed by atoms with Gasteiger partial charge in [-0.1, -0.05) is 32.1 Å². The Morgan fingerprint density at radius 2 is 1.91 bits per heavy atom. The second-order valence-electron chi connectivity index (χ2n) is 7.43. The molecule has 33 heavy (non-hydrogen) atoms. The van der Waals surface area contributed by atoms with Crippen LogP contribution in [0.4, 0.5) is 18.9 Å². The molecule has 1 aromatic heterocycles. The van der Waals surface area contributed by atoms with Crippen molar-refractivity contribution in [2.45, 2.75) is 39.4 Å². The van der Waals surface area contributed by atoms with Gasteiger partial charge in [0.1, 0.15) is 5.69 Å². The van der Waals surface area contributed by atoms with Crippen LogP contribution in [0.15, 0.2) is 36.9 Å². The fourth-order valence-corrected chi connectivity index (χ4v) is 3.44. The molecule has 2 aromatic rings. The number of amides is 1. The summed E-state index contributed by atoms with van der Waals surface area (Å²) in [7, 11) is -3.42. The van der Waals surface area contributed by atoms with Crippen LogP contribution in [-0.2, 0) is 27.5 Å². The van der Waals surface area contributed by atoms with E-state index in [1.54, 1.807) is 25.1 Å². The number of halogens is 3. The zero-order valence-corrected chi connectivity index (χ0v) is 19.4. The predicted molar refractivity (Wildman–Crippen MR) is 120 cm³/mol. The van der Waals surface area contributed by atoms with Crippen LogP contribution in [0, 0.1) is 6.92 Å². The van der Waals surface area contributed by atoms with Crippen molar-refractivity contribution in [3.05, 3.63) is 59.3 Å². The number of pyridine rings is 1. The van der Waals surface area contributed by atoms with Crippen LogP contribution in [0.3, 0.4) is 0 Å². The fraction of sp³-hybridized carbons (Fsp3) is 0.364. The van der Waals surface area contributed by atoms with Gasteiger partial charge in [-0.05, 0) is 42.7 Å². The number of carbonyl (C=O) groups is 1. The maximum absolute atomic E-state index is 13.1. The van der Waals surface area contributed by atoms with E-state index in [9.17, 15) is 26.4 Å². The van der Waals surface area contributed by atoms with E-state index in [0.29, 0.717) is 23.2 Å². The van der Waals surface area contributed by atoms with Crippen molar-refractivity contribution in [3.63, 3.8) is 0 Å². The molecule has 0 atom stereocenters. The minimum Gasteiger partial charge on any atom is -0.477 e. The van der Waals surface area contributed by atoms with Gasteiger partial charge in [0.15, 0.2) is 0 Å². The van der Waals surface area contributed by atoms with E-state index < -0.39 is 27.8 Å². The van der Waals surface area contributed by atoms with Gasteiger partial charge in [-0.15, -0.1) is 0 Å². The first-order valence-electron chi connectivity index (χ1n) is 10.1. The molecule has 11 heteroatoms. The molecule has 0 bridgehead atoms. The summed E-state index contributed by atoms with van der Waals surface area (Å²) in [6.07, 6.45) is -2.23. The Kier molecular flexibility index (Phi) is 8.48. The Morgan fingerprint density at radius 1 is 1.21 bits per heavy atom. The highest BCUT2D eigenvalue weighted by atomic mass is 32.2. The van der Waals surface area contributed by atoms with Gasteiger partial charge in [0.05, 0.1) is 18.6 Å². The van der Waals surface area contributed by atoms with Gasteiger partial charge in [-0.3, -0.25) is 9.52 Å². The van der Waals surface area contributed by atoms with Gasteiger partial charge in [-0.2, -0.15) is 13.2 Å². The monoisotopic (exact) mass is 485 g/mol. The first-order chi connectivity index (χ1) is 15.3. The Morgan fingerprint density at radius 3 is 2.48 bits per heavy atom. The molecule has 0 aliphatic carbocycles. The molecule has 0 unspecified atom stereocenters. The zero-order valence-electron chi connectivity index (χ0n) is 18.5. The summed E-state index contributed by atoms with van der Waals surface area (Å²) < 4.78 is 69.7. The third kappa shape index (κ3) is 7.77. The molecule has 7 nitrogen and oxygen atoms in total. The van der Waals surface area contributed by atoms with Crippen molar-refractivity contribution in [3.8, 4) is 5.88 Å². The lowest BCUT2D eigenvalue weighted by atomic mass is 10.1. The third-order valence-electron chi connectivity index (χ3n) is 4.53. The Hall–Kier alpha value is -3.08. The quantitative estimate of drug-likeness (QED) is 0.387. The van der Waals surface area contributed by atoms with E-state index in [0.717, 1.165) is 24.8 Å².